The molecule has 102 valence electrons. The van der Waals surface area contributed by atoms with Crippen LogP contribution in [0.4, 0.5) is 0 Å². The summed E-state index contributed by atoms with van der Waals surface area (Å²) in [5.41, 5.74) is 3.17. The summed E-state index contributed by atoms with van der Waals surface area (Å²) >= 11 is 1.95. The summed E-state index contributed by atoms with van der Waals surface area (Å²) in [4.78, 5) is 4.20. The molecule has 0 aromatic carbocycles. The highest BCUT2D eigenvalue weighted by Crippen LogP contribution is 2.29. The van der Waals surface area contributed by atoms with Gasteiger partial charge in [0, 0.05) is 37.1 Å². The van der Waals surface area contributed by atoms with E-state index in [4.69, 9.17) is 0 Å². The minimum Gasteiger partial charge on any atom is -0.310 e. The summed E-state index contributed by atoms with van der Waals surface area (Å²) in [7, 11) is 0. The summed E-state index contributed by atoms with van der Waals surface area (Å²) in [5.74, 6) is 0.772. The van der Waals surface area contributed by atoms with Crippen LogP contribution in [-0.2, 0) is 19.5 Å². The van der Waals surface area contributed by atoms with Gasteiger partial charge in [0.25, 0.3) is 0 Å². The molecule has 2 rings (SSSR count). The fourth-order valence-electron chi connectivity index (χ4n) is 2.58. The lowest BCUT2D eigenvalue weighted by Gasteiger charge is -2.28. The minimum atomic E-state index is 0.571. The molecular weight excluding hydrogens is 240 g/mol. The molecule has 18 heavy (non-hydrogen) atoms. The third kappa shape index (κ3) is 3.56. The molecule has 3 heteroatoms. The third-order valence-electron chi connectivity index (χ3n) is 3.44. The second kappa shape index (κ2) is 6.18. The van der Waals surface area contributed by atoms with Gasteiger partial charge in [-0.05, 0) is 28.8 Å². The second-order valence-corrected chi connectivity index (χ2v) is 7.04. The maximum Gasteiger partial charge on any atom is 0.0331 e. The van der Waals surface area contributed by atoms with Gasteiger partial charge in [0.2, 0.25) is 0 Å². The van der Waals surface area contributed by atoms with Crippen LogP contribution >= 0.6 is 11.3 Å². The largest absolute Gasteiger partial charge is 0.310 e. The van der Waals surface area contributed by atoms with Crippen molar-refractivity contribution < 1.29 is 0 Å². The zero-order chi connectivity index (χ0) is 13.1. The molecule has 0 amide bonds. The number of nitrogens with one attached hydrogen (secondary N) is 1. The van der Waals surface area contributed by atoms with Crippen molar-refractivity contribution in [1.82, 2.24) is 10.2 Å². The number of nitrogens with zero attached hydrogens (tertiary/aromatic N) is 1. The van der Waals surface area contributed by atoms with Crippen LogP contribution in [0.5, 0.6) is 0 Å². The molecule has 1 aliphatic rings. The van der Waals surface area contributed by atoms with Crippen molar-refractivity contribution in [2.24, 2.45) is 5.92 Å². The van der Waals surface area contributed by atoms with Gasteiger partial charge in [-0.1, -0.05) is 27.7 Å². The average Bonchev–Trinajstić information content (AvgIpc) is 2.68. The van der Waals surface area contributed by atoms with Gasteiger partial charge in [-0.15, -0.1) is 11.3 Å². The molecule has 0 saturated carbocycles. The molecule has 0 saturated heterocycles. The lowest BCUT2D eigenvalue weighted by atomic mass is 10.0. The summed E-state index contributed by atoms with van der Waals surface area (Å²) in [6.07, 6.45) is 1.24. The molecule has 2 heterocycles. The Morgan fingerprint density at radius 1 is 1.33 bits per heavy atom. The molecule has 0 fully saturated rings. The molecule has 0 aliphatic carbocycles. The van der Waals surface area contributed by atoms with Crippen molar-refractivity contribution in [1.29, 1.82) is 0 Å². The Kier molecular flexibility index (Phi) is 4.82. The van der Waals surface area contributed by atoms with Crippen LogP contribution in [-0.4, -0.2) is 24.0 Å². The smallest absolute Gasteiger partial charge is 0.0331 e. The predicted octanol–water partition coefficient (Wildman–Crippen LogP) is 3.26. The van der Waals surface area contributed by atoms with Crippen molar-refractivity contribution in [3.8, 4) is 0 Å². The molecule has 1 N–H and O–H groups in total. The van der Waals surface area contributed by atoms with Crippen molar-refractivity contribution in [2.45, 2.75) is 53.2 Å². The van der Waals surface area contributed by atoms with Crippen LogP contribution in [0.2, 0.25) is 0 Å². The lowest BCUT2D eigenvalue weighted by Crippen LogP contribution is -2.33. The summed E-state index contributed by atoms with van der Waals surface area (Å²) in [6, 6.07) is 0.571. The van der Waals surface area contributed by atoms with Gasteiger partial charge in [0.05, 0.1) is 0 Å². The van der Waals surface area contributed by atoms with E-state index < -0.39 is 0 Å². The molecular formula is C15H26N2S. The molecule has 0 unspecified atom stereocenters. The van der Waals surface area contributed by atoms with Crippen molar-refractivity contribution in [2.75, 3.05) is 13.1 Å². The molecule has 0 atom stereocenters. The SMILES string of the molecule is CC(C)CN1CCc2c(CNC(C)C)csc2C1. The van der Waals surface area contributed by atoms with Gasteiger partial charge >= 0.3 is 0 Å². The average molecular weight is 266 g/mol. The van der Waals surface area contributed by atoms with Crippen molar-refractivity contribution in [3.63, 3.8) is 0 Å². The molecule has 1 aromatic heterocycles. The molecule has 1 aliphatic heterocycles. The fourth-order valence-corrected chi connectivity index (χ4v) is 3.73. The third-order valence-corrected chi connectivity index (χ3v) is 4.50. The topological polar surface area (TPSA) is 15.3 Å². The number of hydrogen-bond acceptors (Lipinski definition) is 3. The standard InChI is InChI=1S/C15H26N2S/c1-11(2)8-17-6-5-14-13(7-16-12(3)4)10-18-15(14)9-17/h10-12,16H,5-9H2,1-4H3. The van der Waals surface area contributed by atoms with Gasteiger partial charge < -0.3 is 5.32 Å². The van der Waals surface area contributed by atoms with E-state index >= 15 is 0 Å². The van der Waals surface area contributed by atoms with Crippen LogP contribution in [0.1, 0.15) is 43.7 Å². The van der Waals surface area contributed by atoms with Crippen LogP contribution in [0.25, 0.3) is 0 Å². The van der Waals surface area contributed by atoms with Crippen molar-refractivity contribution in [3.05, 3.63) is 21.4 Å². The zero-order valence-electron chi connectivity index (χ0n) is 12.1. The van der Waals surface area contributed by atoms with E-state index in [-0.39, 0.29) is 0 Å². The van der Waals surface area contributed by atoms with E-state index in [2.05, 4.69) is 43.3 Å². The fraction of sp³-hybridized carbons (Fsp3) is 0.733. The number of thiophene rings is 1. The van der Waals surface area contributed by atoms with E-state index in [0.717, 1.165) is 12.5 Å². The van der Waals surface area contributed by atoms with Crippen LogP contribution < -0.4 is 5.32 Å². The number of hydrogen-bond donors (Lipinski definition) is 1. The van der Waals surface area contributed by atoms with Crippen molar-refractivity contribution >= 4 is 11.3 Å². The first-order valence-corrected chi connectivity index (χ1v) is 7.98. The van der Waals surface area contributed by atoms with Gasteiger partial charge in [0.15, 0.2) is 0 Å². The van der Waals surface area contributed by atoms with E-state index in [0.29, 0.717) is 6.04 Å². The Morgan fingerprint density at radius 3 is 2.78 bits per heavy atom. The van der Waals surface area contributed by atoms with E-state index in [1.807, 2.05) is 11.3 Å². The van der Waals surface area contributed by atoms with Gasteiger partial charge in [0.1, 0.15) is 0 Å². The Balaban J connectivity index is 1.98. The zero-order valence-corrected chi connectivity index (χ0v) is 12.9. The summed E-state index contributed by atoms with van der Waals surface area (Å²) < 4.78 is 0. The van der Waals surface area contributed by atoms with E-state index in [1.54, 1.807) is 10.4 Å². The highest BCUT2D eigenvalue weighted by atomic mass is 32.1. The van der Waals surface area contributed by atoms with Crippen LogP contribution in [0, 0.1) is 5.92 Å². The maximum atomic E-state index is 3.53. The quantitative estimate of drug-likeness (QED) is 0.880. The Morgan fingerprint density at radius 2 is 2.11 bits per heavy atom. The second-order valence-electron chi connectivity index (χ2n) is 6.08. The number of fused-ring (bicyclic) bond motifs is 1. The maximum absolute atomic E-state index is 3.53. The monoisotopic (exact) mass is 266 g/mol. The Hall–Kier alpha value is -0.380. The highest BCUT2D eigenvalue weighted by Gasteiger charge is 2.20. The minimum absolute atomic E-state index is 0.571. The van der Waals surface area contributed by atoms with Crippen LogP contribution in [0.3, 0.4) is 0 Å². The first-order valence-electron chi connectivity index (χ1n) is 7.10. The Bertz CT molecular complexity index is 382. The van der Waals surface area contributed by atoms with E-state index in [9.17, 15) is 0 Å². The molecule has 2 nitrogen and oxygen atoms in total. The molecule has 0 radical (unpaired) electrons. The van der Waals surface area contributed by atoms with Gasteiger partial charge in [-0.2, -0.15) is 0 Å². The molecule has 1 aromatic rings. The van der Waals surface area contributed by atoms with E-state index in [1.165, 1.54) is 31.6 Å². The highest BCUT2D eigenvalue weighted by molar-refractivity contribution is 7.10. The molecule has 0 spiro atoms. The van der Waals surface area contributed by atoms with Crippen LogP contribution in [0.15, 0.2) is 5.38 Å². The first-order chi connectivity index (χ1) is 8.56. The van der Waals surface area contributed by atoms with Gasteiger partial charge in [-0.3, -0.25) is 4.90 Å². The summed E-state index contributed by atoms with van der Waals surface area (Å²) in [6.45, 7) is 13.7. The molecule has 0 bridgehead atoms. The predicted molar refractivity (Wildman–Crippen MR) is 80.1 cm³/mol. The normalized spacial score (nSPS) is 16.6. The number of rotatable bonds is 5. The Labute approximate surface area is 115 Å². The lowest BCUT2D eigenvalue weighted by molar-refractivity contribution is 0.229. The summed E-state index contributed by atoms with van der Waals surface area (Å²) in [5, 5.41) is 5.89. The first kappa shape index (κ1) is 14.0. The van der Waals surface area contributed by atoms with Gasteiger partial charge in [-0.25, -0.2) is 0 Å².